The molecule has 0 saturated heterocycles. The maximum atomic E-state index is 12.8. The summed E-state index contributed by atoms with van der Waals surface area (Å²) in [5.41, 5.74) is 18.1. The van der Waals surface area contributed by atoms with Gasteiger partial charge in [0, 0.05) is 18.7 Å². The van der Waals surface area contributed by atoms with Gasteiger partial charge in [-0.15, -0.1) is 0 Å². The first-order valence-corrected chi connectivity index (χ1v) is 9.47. The van der Waals surface area contributed by atoms with Crippen LogP contribution >= 0.6 is 0 Å². The number of benzene rings is 2. The van der Waals surface area contributed by atoms with Crippen LogP contribution in [0.3, 0.4) is 0 Å². The molecule has 8 heteroatoms. The van der Waals surface area contributed by atoms with Crippen LogP contribution in [-0.4, -0.2) is 36.4 Å². The second-order valence-corrected chi connectivity index (χ2v) is 6.66. The first-order valence-electron chi connectivity index (χ1n) is 9.47. The molecular weight excluding hydrogens is 368 g/mol. The van der Waals surface area contributed by atoms with Crippen LogP contribution in [0.2, 0.25) is 0 Å². The van der Waals surface area contributed by atoms with Crippen molar-refractivity contribution in [2.75, 3.05) is 11.9 Å². The lowest BCUT2D eigenvalue weighted by molar-refractivity contribution is -0.127. The van der Waals surface area contributed by atoms with Crippen molar-refractivity contribution in [2.24, 2.45) is 22.2 Å². The molecule has 2 unspecified atom stereocenters. The van der Waals surface area contributed by atoms with Gasteiger partial charge in [-0.2, -0.15) is 0 Å². The zero-order chi connectivity index (χ0) is 21.1. The number of nitrogens with one attached hydrogen (secondary N) is 2. The van der Waals surface area contributed by atoms with Crippen LogP contribution in [0.25, 0.3) is 0 Å². The van der Waals surface area contributed by atoms with E-state index >= 15 is 0 Å². The molecule has 154 valence electrons. The van der Waals surface area contributed by atoms with Crippen molar-refractivity contribution in [1.29, 1.82) is 0 Å². The van der Waals surface area contributed by atoms with E-state index in [4.69, 9.17) is 17.2 Å². The summed E-state index contributed by atoms with van der Waals surface area (Å²) < 4.78 is 0. The number of guanidine groups is 1. The second kappa shape index (κ2) is 11.5. The highest BCUT2D eigenvalue weighted by Crippen LogP contribution is 2.09. The lowest BCUT2D eigenvalue weighted by Gasteiger charge is -2.21. The van der Waals surface area contributed by atoms with Crippen LogP contribution in [0, 0.1) is 0 Å². The molecule has 0 radical (unpaired) electrons. The van der Waals surface area contributed by atoms with E-state index in [1.54, 1.807) is 12.1 Å². The number of aliphatic imine (C=N–C) groups is 1. The van der Waals surface area contributed by atoms with E-state index in [-0.39, 0.29) is 17.8 Å². The van der Waals surface area contributed by atoms with E-state index in [0.717, 1.165) is 5.56 Å². The quantitative estimate of drug-likeness (QED) is 0.228. The Morgan fingerprint density at radius 1 is 0.931 bits per heavy atom. The number of carbonyl (C=O) groups excluding carboxylic acids is 2. The number of amides is 2. The molecule has 0 bridgehead atoms. The number of carbonyl (C=O) groups is 2. The number of rotatable bonds is 10. The number of hydrogen-bond donors (Lipinski definition) is 5. The Morgan fingerprint density at radius 2 is 1.55 bits per heavy atom. The van der Waals surface area contributed by atoms with Gasteiger partial charge in [-0.1, -0.05) is 48.5 Å². The van der Waals surface area contributed by atoms with Gasteiger partial charge in [0.05, 0.1) is 6.04 Å². The summed E-state index contributed by atoms with van der Waals surface area (Å²) in [4.78, 5) is 29.2. The average Bonchev–Trinajstić information content (AvgIpc) is 2.71. The van der Waals surface area contributed by atoms with Crippen molar-refractivity contribution >= 4 is 23.5 Å². The van der Waals surface area contributed by atoms with Crippen molar-refractivity contribution in [3.8, 4) is 0 Å². The van der Waals surface area contributed by atoms with Crippen LogP contribution in [0.1, 0.15) is 18.4 Å². The van der Waals surface area contributed by atoms with E-state index in [1.807, 2.05) is 48.5 Å². The summed E-state index contributed by atoms with van der Waals surface area (Å²) in [6, 6.07) is 17.1. The summed E-state index contributed by atoms with van der Waals surface area (Å²) >= 11 is 0. The Hall–Kier alpha value is -3.39. The standard InChI is InChI=1S/C21H28N6O2/c22-17(12-7-13-25-21(23)24)19(28)27-18(14-15-8-3-1-4-9-15)20(29)26-16-10-5-2-6-11-16/h1-6,8-11,17-18H,7,12-14,22H2,(H,26,29)(H,27,28)(H4,23,24,25). The molecule has 0 aliphatic carbocycles. The first-order chi connectivity index (χ1) is 14.0. The zero-order valence-electron chi connectivity index (χ0n) is 16.3. The van der Waals surface area contributed by atoms with E-state index in [2.05, 4.69) is 15.6 Å². The molecule has 0 fully saturated rings. The lowest BCUT2D eigenvalue weighted by Crippen LogP contribution is -2.51. The normalized spacial score (nSPS) is 12.4. The molecule has 0 heterocycles. The average molecular weight is 396 g/mol. The highest BCUT2D eigenvalue weighted by Gasteiger charge is 2.24. The summed E-state index contributed by atoms with van der Waals surface area (Å²) in [6.45, 7) is 0.394. The molecule has 8 N–H and O–H groups in total. The molecule has 0 aromatic heterocycles. The molecule has 2 rings (SSSR count). The Morgan fingerprint density at radius 3 is 2.17 bits per heavy atom. The van der Waals surface area contributed by atoms with Crippen LogP contribution < -0.4 is 27.8 Å². The number of nitrogens with zero attached hydrogens (tertiary/aromatic N) is 1. The van der Waals surface area contributed by atoms with Gasteiger partial charge < -0.3 is 27.8 Å². The van der Waals surface area contributed by atoms with E-state index in [1.165, 1.54) is 0 Å². The van der Waals surface area contributed by atoms with Crippen molar-refractivity contribution in [3.63, 3.8) is 0 Å². The van der Waals surface area contributed by atoms with Gasteiger partial charge in [0.15, 0.2) is 5.96 Å². The fourth-order valence-corrected chi connectivity index (χ4v) is 2.74. The van der Waals surface area contributed by atoms with Crippen molar-refractivity contribution in [1.82, 2.24) is 5.32 Å². The Labute approximate surface area is 170 Å². The van der Waals surface area contributed by atoms with Gasteiger partial charge in [-0.05, 0) is 30.5 Å². The van der Waals surface area contributed by atoms with Crippen LogP contribution in [0.5, 0.6) is 0 Å². The van der Waals surface area contributed by atoms with E-state index in [9.17, 15) is 9.59 Å². The van der Waals surface area contributed by atoms with Crippen molar-refractivity contribution in [2.45, 2.75) is 31.3 Å². The number of nitrogens with two attached hydrogens (primary N) is 3. The number of hydrogen-bond acceptors (Lipinski definition) is 4. The topological polar surface area (TPSA) is 149 Å². The fraction of sp³-hybridized carbons (Fsp3) is 0.286. The monoisotopic (exact) mass is 396 g/mol. The lowest BCUT2D eigenvalue weighted by atomic mass is 10.0. The fourth-order valence-electron chi connectivity index (χ4n) is 2.74. The largest absolute Gasteiger partial charge is 0.370 e. The molecule has 2 amide bonds. The minimum Gasteiger partial charge on any atom is -0.370 e. The number of para-hydroxylation sites is 1. The Bertz CT molecular complexity index is 806. The predicted octanol–water partition coefficient (Wildman–Crippen LogP) is 0.734. The Kier molecular flexibility index (Phi) is 8.65. The molecule has 0 aliphatic rings. The van der Waals surface area contributed by atoms with Crippen LogP contribution in [-0.2, 0) is 16.0 Å². The second-order valence-electron chi connectivity index (χ2n) is 6.66. The molecule has 2 aromatic carbocycles. The zero-order valence-corrected chi connectivity index (χ0v) is 16.3. The Balaban J connectivity index is 2.01. The molecule has 29 heavy (non-hydrogen) atoms. The predicted molar refractivity (Wildman–Crippen MR) is 115 cm³/mol. The molecule has 2 atom stereocenters. The molecular formula is C21H28N6O2. The van der Waals surface area contributed by atoms with Gasteiger partial charge in [0.25, 0.3) is 0 Å². The van der Waals surface area contributed by atoms with E-state index < -0.39 is 12.1 Å². The maximum absolute atomic E-state index is 12.8. The summed E-state index contributed by atoms with van der Waals surface area (Å²) in [7, 11) is 0. The van der Waals surface area contributed by atoms with Gasteiger partial charge in [0.2, 0.25) is 11.8 Å². The van der Waals surface area contributed by atoms with Gasteiger partial charge in [0.1, 0.15) is 6.04 Å². The summed E-state index contributed by atoms with van der Waals surface area (Å²) in [6.07, 6.45) is 1.32. The molecule has 0 spiro atoms. The third-order valence-electron chi connectivity index (χ3n) is 4.26. The highest BCUT2D eigenvalue weighted by atomic mass is 16.2. The van der Waals surface area contributed by atoms with Gasteiger partial charge in [-0.3, -0.25) is 14.6 Å². The minimum atomic E-state index is -0.757. The van der Waals surface area contributed by atoms with Crippen LogP contribution in [0.15, 0.2) is 65.7 Å². The molecule has 0 saturated carbocycles. The first kappa shape index (κ1) is 21.9. The third-order valence-corrected chi connectivity index (χ3v) is 4.26. The van der Waals surface area contributed by atoms with Crippen molar-refractivity contribution in [3.05, 3.63) is 66.2 Å². The molecule has 2 aromatic rings. The van der Waals surface area contributed by atoms with Gasteiger partial charge >= 0.3 is 0 Å². The summed E-state index contributed by atoms with van der Waals surface area (Å²) in [5, 5.41) is 5.61. The number of anilines is 1. The minimum absolute atomic E-state index is 0.00327. The highest BCUT2D eigenvalue weighted by molar-refractivity contribution is 5.98. The smallest absolute Gasteiger partial charge is 0.247 e. The van der Waals surface area contributed by atoms with E-state index in [0.29, 0.717) is 31.5 Å². The van der Waals surface area contributed by atoms with Crippen LogP contribution in [0.4, 0.5) is 5.69 Å². The molecule has 8 nitrogen and oxygen atoms in total. The summed E-state index contributed by atoms with van der Waals surface area (Å²) in [5.74, 6) is -0.691. The van der Waals surface area contributed by atoms with Crippen molar-refractivity contribution < 1.29 is 9.59 Å². The third kappa shape index (κ3) is 8.02. The van der Waals surface area contributed by atoms with Gasteiger partial charge in [-0.25, -0.2) is 0 Å². The molecule has 0 aliphatic heterocycles. The maximum Gasteiger partial charge on any atom is 0.247 e. The SMILES string of the molecule is NC(N)=NCCCC(N)C(=O)NC(Cc1ccccc1)C(=O)Nc1ccccc1.